The van der Waals surface area contributed by atoms with Gasteiger partial charge in [0.25, 0.3) is 0 Å². The molecular weight excluding hydrogens is 296 g/mol. The number of fused-ring (bicyclic) bond motifs is 2. The van der Waals surface area contributed by atoms with Crippen molar-refractivity contribution < 1.29 is 13.2 Å². The van der Waals surface area contributed by atoms with Gasteiger partial charge in [0, 0.05) is 12.3 Å². The molecule has 2 saturated heterocycles. The van der Waals surface area contributed by atoms with Crippen LogP contribution in [0.15, 0.2) is 12.7 Å². The van der Waals surface area contributed by atoms with Gasteiger partial charge in [-0.25, -0.2) is 8.42 Å². The van der Waals surface area contributed by atoms with Gasteiger partial charge in [-0.05, 0) is 44.9 Å². The number of ketones is 1. The molecule has 0 radical (unpaired) electrons. The number of hydrogen-bond donors (Lipinski definition) is 0. The van der Waals surface area contributed by atoms with Crippen LogP contribution < -0.4 is 0 Å². The standard InChI is InChI=1S/C18H30O3S/c1-2-3-4-5-6-7-8-12-18(19)15-13-16-10-9-11-17(14-15)22(16,20)21/h2,15-17H,1,3-14H2. The van der Waals surface area contributed by atoms with Crippen LogP contribution in [-0.4, -0.2) is 24.7 Å². The summed E-state index contributed by atoms with van der Waals surface area (Å²) in [6.45, 7) is 3.72. The number of hydrogen-bond acceptors (Lipinski definition) is 3. The molecule has 0 amide bonds. The summed E-state index contributed by atoms with van der Waals surface area (Å²) in [6.07, 6.45) is 13.1. The molecule has 3 nitrogen and oxygen atoms in total. The van der Waals surface area contributed by atoms with Crippen molar-refractivity contribution in [2.24, 2.45) is 5.92 Å². The molecule has 4 heteroatoms. The van der Waals surface area contributed by atoms with Crippen LogP contribution in [0.25, 0.3) is 0 Å². The predicted molar refractivity (Wildman–Crippen MR) is 90.6 cm³/mol. The minimum Gasteiger partial charge on any atom is -0.299 e. The summed E-state index contributed by atoms with van der Waals surface area (Å²) in [5, 5.41) is -0.458. The van der Waals surface area contributed by atoms with Gasteiger partial charge < -0.3 is 0 Å². The van der Waals surface area contributed by atoms with Crippen molar-refractivity contribution in [3.63, 3.8) is 0 Å². The quantitative estimate of drug-likeness (QED) is 0.471. The second-order valence-electron chi connectivity index (χ2n) is 6.99. The van der Waals surface area contributed by atoms with Gasteiger partial charge in [0.15, 0.2) is 9.84 Å². The molecule has 2 aliphatic rings. The maximum Gasteiger partial charge on any atom is 0.156 e. The predicted octanol–water partition coefficient (Wildman–Crippen LogP) is 4.22. The maximum absolute atomic E-state index is 12.4. The Morgan fingerprint density at radius 3 is 2.23 bits per heavy atom. The molecule has 0 spiro atoms. The van der Waals surface area contributed by atoms with E-state index < -0.39 is 9.84 Å². The van der Waals surface area contributed by atoms with Crippen LogP contribution in [0, 0.1) is 5.92 Å². The van der Waals surface area contributed by atoms with Gasteiger partial charge in [0.2, 0.25) is 0 Å². The zero-order valence-electron chi connectivity index (χ0n) is 13.6. The minimum absolute atomic E-state index is 0.0135. The van der Waals surface area contributed by atoms with Crippen LogP contribution >= 0.6 is 0 Å². The number of sulfone groups is 1. The Bertz CT molecular complexity index is 461. The first-order chi connectivity index (χ1) is 10.6. The first-order valence-corrected chi connectivity index (χ1v) is 10.5. The zero-order valence-corrected chi connectivity index (χ0v) is 14.5. The van der Waals surface area contributed by atoms with E-state index in [1.54, 1.807) is 0 Å². The molecule has 0 aromatic carbocycles. The van der Waals surface area contributed by atoms with Gasteiger partial charge in [-0.15, -0.1) is 6.58 Å². The SMILES string of the molecule is C=CCCCCCCCC(=O)C1CC2CCCC(C1)S2(=O)=O. The van der Waals surface area contributed by atoms with Crippen molar-refractivity contribution >= 4 is 15.6 Å². The molecular formula is C18H30O3S. The summed E-state index contributed by atoms with van der Waals surface area (Å²) in [6, 6.07) is 0. The molecule has 0 aromatic heterocycles. The number of Topliss-reactive ketones (excluding diaryl/α,β-unsaturated/α-hetero) is 1. The van der Waals surface area contributed by atoms with E-state index in [9.17, 15) is 13.2 Å². The molecule has 0 N–H and O–H groups in total. The Balaban J connectivity index is 1.69. The number of carbonyl (C=O) groups excluding carboxylic acids is 1. The third-order valence-corrected chi connectivity index (χ3v) is 8.08. The van der Waals surface area contributed by atoms with Crippen LogP contribution in [-0.2, 0) is 14.6 Å². The molecule has 126 valence electrons. The normalized spacial score (nSPS) is 29.9. The topological polar surface area (TPSA) is 51.2 Å². The summed E-state index contributed by atoms with van der Waals surface area (Å²) >= 11 is 0. The van der Waals surface area contributed by atoms with Crippen molar-refractivity contribution in [3.8, 4) is 0 Å². The van der Waals surface area contributed by atoms with Crippen molar-refractivity contribution in [3.05, 3.63) is 12.7 Å². The van der Waals surface area contributed by atoms with Crippen LogP contribution in [0.4, 0.5) is 0 Å². The van der Waals surface area contributed by atoms with E-state index >= 15 is 0 Å². The number of unbranched alkanes of at least 4 members (excludes halogenated alkanes) is 5. The number of carbonyl (C=O) groups is 1. The van der Waals surface area contributed by atoms with E-state index in [0.717, 1.165) is 38.5 Å². The van der Waals surface area contributed by atoms with Crippen LogP contribution in [0.5, 0.6) is 0 Å². The highest BCUT2D eigenvalue weighted by Gasteiger charge is 2.45. The summed E-state index contributed by atoms with van der Waals surface area (Å²) in [4.78, 5) is 12.4. The van der Waals surface area contributed by atoms with Crippen molar-refractivity contribution in [2.75, 3.05) is 0 Å². The largest absolute Gasteiger partial charge is 0.299 e. The van der Waals surface area contributed by atoms with E-state index in [1.807, 2.05) is 6.08 Å². The Hall–Kier alpha value is -0.640. The lowest BCUT2D eigenvalue weighted by molar-refractivity contribution is -0.123. The van der Waals surface area contributed by atoms with Crippen LogP contribution in [0.1, 0.15) is 77.0 Å². The highest BCUT2D eigenvalue weighted by atomic mass is 32.2. The average Bonchev–Trinajstić information content (AvgIpc) is 2.45. The van der Waals surface area contributed by atoms with E-state index in [1.165, 1.54) is 19.3 Å². The Labute approximate surface area is 135 Å². The Kier molecular flexibility index (Phi) is 6.66. The molecule has 2 aliphatic heterocycles. The molecule has 0 aliphatic carbocycles. The molecule has 0 aromatic rings. The average molecular weight is 327 g/mol. The second-order valence-corrected chi connectivity index (χ2v) is 9.51. The van der Waals surface area contributed by atoms with Gasteiger partial charge in [0.05, 0.1) is 10.5 Å². The van der Waals surface area contributed by atoms with E-state index in [0.29, 0.717) is 25.0 Å². The van der Waals surface area contributed by atoms with Crippen molar-refractivity contribution in [1.82, 2.24) is 0 Å². The third-order valence-electron chi connectivity index (χ3n) is 5.36. The van der Waals surface area contributed by atoms with Gasteiger partial charge >= 0.3 is 0 Å². The summed E-state index contributed by atoms with van der Waals surface area (Å²) in [7, 11) is -2.93. The lowest BCUT2D eigenvalue weighted by Gasteiger charge is -2.38. The molecule has 2 atom stereocenters. The fourth-order valence-corrected chi connectivity index (χ4v) is 6.53. The lowest BCUT2D eigenvalue weighted by atomic mass is 9.85. The summed E-state index contributed by atoms with van der Waals surface area (Å²) < 4.78 is 24.5. The van der Waals surface area contributed by atoms with Crippen LogP contribution in [0.3, 0.4) is 0 Å². The molecule has 0 saturated carbocycles. The lowest BCUT2D eigenvalue weighted by Crippen LogP contribution is -2.45. The van der Waals surface area contributed by atoms with Gasteiger partial charge in [-0.3, -0.25) is 4.79 Å². The van der Waals surface area contributed by atoms with E-state index in [4.69, 9.17) is 0 Å². The van der Waals surface area contributed by atoms with Crippen molar-refractivity contribution in [1.29, 1.82) is 0 Å². The Morgan fingerprint density at radius 2 is 1.59 bits per heavy atom. The minimum atomic E-state index is -2.93. The molecule has 2 bridgehead atoms. The molecule has 2 heterocycles. The smallest absolute Gasteiger partial charge is 0.156 e. The van der Waals surface area contributed by atoms with Gasteiger partial charge in [-0.1, -0.05) is 31.8 Å². The first kappa shape index (κ1) is 17.7. The molecule has 22 heavy (non-hydrogen) atoms. The fourth-order valence-electron chi connectivity index (χ4n) is 3.99. The van der Waals surface area contributed by atoms with Gasteiger partial charge in [0.1, 0.15) is 5.78 Å². The summed E-state index contributed by atoms with van der Waals surface area (Å²) in [5.41, 5.74) is 0. The maximum atomic E-state index is 12.4. The Morgan fingerprint density at radius 1 is 1.00 bits per heavy atom. The second kappa shape index (κ2) is 8.28. The highest BCUT2D eigenvalue weighted by molar-refractivity contribution is 7.92. The van der Waals surface area contributed by atoms with Crippen molar-refractivity contribution in [2.45, 2.75) is 87.5 Å². The molecule has 2 fully saturated rings. The summed E-state index contributed by atoms with van der Waals surface area (Å²) in [5.74, 6) is 0.331. The molecule has 2 rings (SSSR count). The number of allylic oxidation sites excluding steroid dienone is 1. The third kappa shape index (κ3) is 4.43. The van der Waals surface area contributed by atoms with E-state index in [2.05, 4.69) is 6.58 Å². The first-order valence-electron chi connectivity index (χ1n) is 8.92. The zero-order chi connectivity index (χ0) is 16.0. The molecule has 2 unspecified atom stereocenters. The highest BCUT2D eigenvalue weighted by Crippen LogP contribution is 2.40. The van der Waals surface area contributed by atoms with Crippen LogP contribution in [0.2, 0.25) is 0 Å². The van der Waals surface area contributed by atoms with E-state index in [-0.39, 0.29) is 16.4 Å². The monoisotopic (exact) mass is 326 g/mol. The fraction of sp³-hybridized carbons (Fsp3) is 0.833. The van der Waals surface area contributed by atoms with Gasteiger partial charge in [-0.2, -0.15) is 0 Å². The number of rotatable bonds is 9.